The molecule has 0 aromatic heterocycles. The molecule has 4 fully saturated rings. The Morgan fingerprint density at radius 1 is 1.13 bits per heavy atom. The van der Waals surface area contributed by atoms with E-state index in [4.69, 9.17) is 16.3 Å². The first kappa shape index (κ1) is 21.5. The van der Waals surface area contributed by atoms with E-state index in [-0.39, 0.29) is 34.3 Å². The summed E-state index contributed by atoms with van der Waals surface area (Å²) in [5.41, 5.74) is -0.540. The second-order valence-electron chi connectivity index (χ2n) is 9.01. The Kier molecular flexibility index (Phi) is 5.88. The van der Waals surface area contributed by atoms with E-state index >= 15 is 0 Å². The van der Waals surface area contributed by atoms with E-state index in [1.807, 2.05) is 0 Å². The van der Waals surface area contributed by atoms with E-state index in [2.05, 4.69) is 10.6 Å². The van der Waals surface area contributed by atoms with Crippen LogP contribution in [-0.4, -0.2) is 35.9 Å². The van der Waals surface area contributed by atoms with Crippen LogP contribution in [0, 0.1) is 33.3 Å². The van der Waals surface area contributed by atoms with Crippen LogP contribution in [0.2, 0.25) is 5.02 Å². The number of anilines is 1. The molecule has 1 aromatic carbocycles. The van der Waals surface area contributed by atoms with Gasteiger partial charge in [-0.15, -0.1) is 0 Å². The molecule has 1 aromatic rings. The average Bonchev–Trinajstić information content (AvgIpc) is 2.71. The van der Waals surface area contributed by atoms with Gasteiger partial charge in [-0.3, -0.25) is 24.5 Å². The maximum absolute atomic E-state index is 12.8. The number of carbonyl (C=O) groups excluding carboxylic acids is 3. The van der Waals surface area contributed by atoms with Crippen molar-refractivity contribution in [3.63, 3.8) is 0 Å². The molecule has 0 aliphatic heterocycles. The summed E-state index contributed by atoms with van der Waals surface area (Å²) in [5.74, 6) is 0.354. The number of nitrogens with one attached hydrogen (secondary N) is 2. The highest BCUT2D eigenvalue weighted by atomic mass is 35.5. The van der Waals surface area contributed by atoms with Gasteiger partial charge in [-0.1, -0.05) is 11.6 Å². The van der Waals surface area contributed by atoms with E-state index in [0.717, 1.165) is 25.3 Å². The molecule has 10 heteroatoms. The SMILES string of the molecule is O=C(COC(=O)CNC(=O)C12CC3CC(CC(C3)C1)C2)Nc1cc([N+](=O)[O-])ccc1Cl. The van der Waals surface area contributed by atoms with Crippen molar-refractivity contribution in [1.82, 2.24) is 5.32 Å². The molecular formula is C21H24ClN3O6. The average molecular weight is 450 g/mol. The number of hydrogen-bond acceptors (Lipinski definition) is 6. The molecule has 0 heterocycles. The van der Waals surface area contributed by atoms with Gasteiger partial charge < -0.3 is 15.4 Å². The Morgan fingerprint density at radius 3 is 2.32 bits per heavy atom. The van der Waals surface area contributed by atoms with Crippen LogP contribution < -0.4 is 10.6 Å². The molecule has 166 valence electrons. The maximum atomic E-state index is 12.8. The quantitative estimate of drug-likeness (QED) is 0.374. The fraction of sp³-hybridized carbons (Fsp3) is 0.571. The van der Waals surface area contributed by atoms with Crippen LogP contribution in [0.1, 0.15) is 38.5 Å². The first-order chi connectivity index (χ1) is 14.7. The number of hydrogen-bond donors (Lipinski definition) is 2. The van der Waals surface area contributed by atoms with Crippen molar-refractivity contribution in [3.8, 4) is 0 Å². The standard InChI is InChI=1S/C21H24ClN3O6/c22-16-2-1-15(25(29)30)6-17(16)24-18(26)11-31-19(27)10-23-20(28)21-7-12-3-13(8-21)5-14(4-12)9-21/h1-2,6,12-14H,3-5,7-11H2,(H,23,28)(H,24,26). The molecule has 0 spiro atoms. The van der Waals surface area contributed by atoms with E-state index < -0.39 is 23.4 Å². The summed E-state index contributed by atoms with van der Waals surface area (Å²) in [4.78, 5) is 47.1. The van der Waals surface area contributed by atoms with Crippen molar-refractivity contribution in [3.05, 3.63) is 33.3 Å². The number of nitro groups is 1. The molecule has 0 radical (unpaired) electrons. The lowest BCUT2D eigenvalue weighted by Crippen LogP contribution is -2.54. The number of non-ortho nitro benzene ring substituents is 1. The largest absolute Gasteiger partial charge is 0.454 e. The van der Waals surface area contributed by atoms with Crippen molar-refractivity contribution in [2.75, 3.05) is 18.5 Å². The summed E-state index contributed by atoms with van der Waals surface area (Å²) in [5, 5.41) is 16.0. The van der Waals surface area contributed by atoms with Gasteiger partial charge in [0.05, 0.1) is 15.6 Å². The zero-order valence-electron chi connectivity index (χ0n) is 16.9. The number of carbonyl (C=O) groups is 3. The lowest BCUT2D eigenvalue weighted by Gasteiger charge is -2.55. The number of nitro benzene ring substituents is 1. The van der Waals surface area contributed by atoms with E-state index in [0.29, 0.717) is 17.8 Å². The van der Waals surface area contributed by atoms with Gasteiger partial charge >= 0.3 is 5.97 Å². The Balaban J connectivity index is 1.24. The Bertz CT molecular complexity index is 898. The fourth-order valence-electron chi connectivity index (χ4n) is 5.83. The molecular weight excluding hydrogens is 426 g/mol. The number of nitrogens with zero attached hydrogens (tertiary/aromatic N) is 1. The second-order valence-corrected chi connectivity index (χ2v) is 9.42. The molecule has 4 aliphatic carbocycles. The van der Waals surface area contributed by atoms with Gasteiger partial charge in [-0.05, 0) is 62.3 Å². The highest BCUT2D eigenvalue weighted by molar-refractivity contribution is 6.33. The minimum absolute atomic E-state index is 0.0482. The van der Waals surface area contributed by atoms with Gasteiger partial charge in [-0.2, -0.15) is 0 Å². The molecule has 31 heavy (non-hydrogen) atoms. The monoisotopic (exact) mass is 449 g/mol. The molecule has 5 rings (SSSR count). The van der Waals surface area contributed by atoms with Gasteiger partial charge in [0.15, 0.2) is 6.61 Å². The van der Waals surface area contributed by atoms with Crippen molar-refractivity contribution in [2.24, 2.45) is 23.2 Å². The van der Waals surface area contributed by atoms with E-state index in [9.17, 15) is 24.5 Å². The zero-order valence-corrected chi connectivity index (χ0v) is 17.7. The van der Waals surface area contributed by atoms with Gasteiger partial charge in [0.25, 0.3) is 11.6 Å². The van der Waals surface area contributed by atoms with Crippen molar-refractivity contribution >= 4 is 40.8 Å². The molecule has 4 bridgehead atoms. The molecule has 2 amide bonds. The molecule has 9 nitrogen and oxygen atoms in total. The molecule has 2 N–H and O–H groups in total. The van der Waals surface area contributed by atoms with Crippen LogP contribution >= 0.6 is 11.6 Å². The van der Waals surface area contributed by atoms with Crippen molar-refractivity contribution in [1.29, 1.82) is 0 Å². The number of halogens is 1. The van der Waals surface area contributed by atoms with Gasteiger partial charge in [0.1, 0.15) is 6.54 Å². The van der Waals surface area contributed by atoms with Crippen molar-refractivity contribution in [2.45, 2.75) is 38.5 Å². The van der Waals surface area contributed by atoms with Crippen LogP contribution in [0.4, 0.5) is 11.4 Å². The van der Waals surface area contributed by atoms with Crippen LogP contribution in [-0.2, 0) is 19.1 Å². The first-order valence-electron chi connectivity index (χ1n) is 10.4. The topological polar surface area (TPSA) is 128 Å². The normalized spacial score (nSPS) is 28.1. The summed E-state index contributed by atoms with van der Waals surface area (Å²) < 4.78 is 4.92. The predicted octanol–water partition coefficient (Wildman–Crippen LogP) is 3.06. The lowest BCUT2D eigenvalue weighted by molar-refractivity contribution is -0.384. The number of benzene rings is 1. The third kappa shape index (κ3) is 4.66. The third-order valence-corrected chi connectivity index (χ3v) is 7.04. The van der Waals surface area contributed by atoms with E-state index in [1.165, 1.54) is 31.4 Å². The van der Waals surface area contributed by atoms with Crippen LogP contribution in [0.3, 0.4) is 0 Å². The van der Waals surface area contributed by atoms with Gasteiger partial charge in [0.2, 0.25) is 5.91 Å². The zero-order chi connectivity index (χ0) is 22.2. The number of rotatable bonds is 7. The summed E-state index contributed by atoms with van der Waals surface area (Å²) in [6.07, 6.45) is 6.35. The molecule has 0 saturated heterocycles. The third-order valence-electron chi connectivity index (χ3n) is 6.71. The maximum Gasteiger partial charge on any atom is 0.325 e. The number of esters is 1. The smallest absolute Gasteiger partial charge is 0.325 e. The van der Waals surface area contributed by atoms with Crippen LogP contribution in [0.5, 0.6) is 0 Å². The number of ether oxygens (including phenoxy) is 1. The van der Waals surface area contributed by atoms with Crippen molar-refractivity contribution < 1.29 is 24.0 Å². The molecule has 4 saturated carbocycles. The minimum atomic E-state index is -0.724. The fourth-order valence-corrected chi connectivity index (χ4v) is 6.00. The van der Waals surface area contributed by atoms with E-state index in [1.54, 1.807) is 0 Å². The Morgan fingerprint density at radius 2 is 1.74 bits per heavy atom. The minimum Gasteiger partial charge on any atom is -0.454 e. The molecule has 4 aliphatic rings. The molecule has 0 unspecified atom stereocenters. The highest BCUT2D eigenvalue weighted by Crippen LogP contribution is 2.60. The van der Waals surface area contributed by atoms with Gasteiger partial charge in [0, 0.05) is 17.5 Å². The summed E-state index contributed by atoms with van der Waals surface area (Å²) in [7, 11) is 0. The Hall–Kier alpha value is -2.68. The summed E-state index contributed by atoms with van der Waals surface area (Å²) in [6.45, 7) is -0.892. The number of amides is 2. The lowest BCUT2D eigenvalue weighted by atomic mass is 9.49. The van der Waals surface area contributed by atoms with Crippen LogP contribution in [0.25, 0.3) is 0 Å². The first-order valence-corrected chi connectivity index (χ1v) is 10.8. The molecule has 0 atom stereocenters. The van der Waals surface area contributed by atoms with Crippen LogP contribution in [0.15, 0.2) is 18.2 Å². The summed E-state index contributed by atoms with van der Waals surface area (Å²) in [6, 6.07) is 3.62. The predicted molar refractivity (Wildman–Crippen MR) is 111 cm³/mol. The summed E-state index contributed by atoms with van der Waals surface area (Å²) >= 11 is 5.93. The Labute approximate surface area is 184 Å². The highest BCUT2D eigenvalue weighted by Gasteiger charge is 2.54. The second kappa shape index (κ2) is 8.45. The van der Waals surface area contributed by atoms with Gasteiger partial charge in [-0.25, -0.2) is 0 Å².